The summed E-state index contributed by atoms with van der Waals surface area (Å²) < 4.78 is 1.82. The topological polar surface area (TPSA) is 64.1 Å². The molecule has 0 saturated heterocycles. The fourth-order valence-electron chi connectivity index (χ4n) is 1.24. The fourth-order valence-corrected chi connectivity index (χ4v) is 1.52. The molecule has 3 N–H and O–H groups in total. The van der Waals surface area contributed by atoms with Crippen molar-refractivity contribution in [3.63, 3.8) is 0 Å². The van der Waals surface area contributed by atoms with Gasteiger partial charge in [-0.2, -0.15) is 0 Å². The van der Waals surface area contributed by atoms with Gasteiger partial charge in [-0.3, -0.25) is 0 Å². The average molecular weight is 204 g/mol. The van der Waals surface area contributed by atoms with Gasteiger partial charge in [-0.25, -0.2) is 4.98 Å². The van der Waals surface area contributed by atoms with Gasteiger partial charge in [0.25, 0.3) is 0 Å². The molecule has 0 amide bonds. The smallest absolute Gasteiger partial charge is 0.152 e. The van der Waals surface area contributed by atoms with Crippen LogP contribution in [-0.4, -0.2) is 21.2 Å². The number of hydrogen-bond acceptors (Lipinski definition) is 3. The molecule has 0 bridgehead atoms. The Kier molecular flexibility index (Phi) is 3.71. The molecule has 1 heterocycles. The Morgan fingerprint density at radius 1 is 1.77 bits per heavy atom. The normalized spacial score (nSPS) is 13.2. The van der Waals surface area contributed by atoms with E-state index in [0.29, 0.717) is 23.8 Å². The minimum Gasteiger partial charge on any atom is -0.387 e. The van der Waals surface area contributed by atoms with Gasteiger partial charge in [0.1, 0.15) is 0 Å². The third-order valence-corrected chi connectivity index (χ3v) is 2.22. The SMILES string of the molecule is CCn1cnc(Cl)c1[C@@H](O)CCN. The van der Waals surface area contributed by atoms with Gasteiger partial charge >= 0.3 is 0 Å². The Morgan fingerprint density at radius 2 is 2.46 bits per heavy atom. The van der Waals surface area contributed by atoms with Crippen LogP contribution in [0.1, 0.15) is 25.1 Å². The zero-order chi connectivity index (χ0) is 9.84. The summed E-state index contributed by atoms with van der Waals surface area (Å²) in [7, 11) is 0. The molecule has 4 nitrogen and oxygen atoms in total. The number of hydrogen-bond donors (Lipinski definition) is 2. The van der Waals surface area contributed by atoms with E-state index in [9.17, 15) is 5.11 Å². The Bertz CT molecular complexity index is 274. The number of aliphatic hydroxyl groups is 1. The number of aliphatic hydroxyl groups excluding tert-OH is 1. The lowest BCUT2D eigenvalue weighted by molar-refractivity contribution is 0.161. The average Bonchev–Trinajstić information content (AvgIpc) is 2.47. The van der Waals surface area contributed by atoms with E-state index in [-0.39, 0.29) is 0 Å². The first kappa shape index (κ1) is 10.5. The van der Waals surface area contributed by atoms with E-state index in [1.54, 1.807) is 6.33 Å². The van der Waals surface area contributed by atoms with Crippen molar-refractivity contribution in [1.82, 2.24) is 9.55 Å². The first-order valence-corrected chi connectivity index (χ1v) is 4.67. The van der Waals surface area contributed by atoms with Crippen molar-refractivity contribution in [1.29, 1.82) is 0 Å². The van der Waals surface area contributed by atoms with Crippen LogP contribution in [-0.2, 0) is 6.54 Å². The van der Waals surface area contributed by atoms with Gasteiger partial charge < -0.3 is 15.4 Å². The second-order valence-corrected chi connectivity index (χ2v) is 3.16. The van der Waals surface area contributed by atoms with Crippen molar-refractivity contribution < 1.29 is 5.11 Å². The molecule has 13 heavy (non-hydrogen) atoms. The maximum Gasteiger partial charge on any atom is 0.152 e. The van der Waals surface area contributed by atoms with E-state index in [1.165, 1.54) is 0 Å². The van der Waals surface area contributed by atoms with E-state index in [0.717, 1.165) is 6.54 Å². The summed E-state index contributed by atoms with van der Waals surface area (Å²) in [6.45, 7) is 3.15. The number of nitrogens with two attached hydrogens (primary N) is 1. The first-order valence-electron chi connectivity index (χ1n) is 4.29. The lowest BCUT2D eigenvalue weighted by Crippen LogP contribution is -2.11. The number of halogens is 1. The molecule has 0 spiro atoms. The molecule has 0 fully saturated rings. The fraction of sp³-hybridized carbons (Fsp3) is 0.625. The highest BCUT2D eigenvalue weighted by molar-refractivity contribution is 6.30. The lowest BCUT2D eigenvalue weighted by atomic mass is 10.2. The van der Waals surface area contributed by atoms with Gasteiger partial charge in [0.05, 0.1) is 18.1 Å². The number of aromatic nitrogens is 2. The van der Waals surface area contributed by atoms with Crippen LogP contribution in [0.4, 0.5) is 0 Å². The van der Waals surface area contributed by atoms with Gasteiger partial charge in [0, 0.05) is 6.54 Å². The van der Waals surface area contributed by atoms with Crippen molar-refractivity contribution >= 4 is 11.6 Å². The molecule has 0 aromatic carbocycles. The molecule has 0 aliphatic carbocycles. The molecule has 1 atom stereocenters. The van der Waals surface area contributed by atoms with Crippen LogP contribution < -0.4 is 5.73 Å². The molecular weight excluding hydrogens is 190 g/mol. The largest absolute Gasteiger partial charge is 0.387 e. The maximum atomic E-state index is 9.68. The molecule has 1 rings (SSSR count). The van der Waals surface area contributed by atoms with E-state index in [2.05, 4.69) is 4.98 Å². The number of imidazole rings is 1. The van der Waals surface area contributed by atoms with E-state index in [1.807, 2.05) is 11.5 Å². The van der Waals surface area contributed by atoms with E-state index >= 15 is 0 Å². The minimum atomic E-state index is -0.611. The summed E-state index contributed by atoms with van der Waals surface area (Å²) in [6, 6.07) is 0. The van der Waals surface area contributed by atoms with Crippen molar-refractivity contribution in [3.8, 4) is 0 Å². The summed E-state index contributed by atoms with van der Waals surface area (Å²) in [6.07, 6.45) is 1.52. The van der Waals surface area contributed by atoms with Crippen LogP contribution in [0.5, 0.6) is 0 Å². The Hall–Kier alpha value is -0.580. The number of nitrogens with zero attached hydrogens (tertiary/aromatic N) is 2. The lowest BCUT2D eigenvalue weighted by Gasteiger charge is -2.11. The molecule has 1 aromatic heterocycles. The van der Waals surface area contributed by atoms with Gasteiger partial charge in [-0.15, -0.1) is 0 Å². The molecule has 0 saturated carbocycles. The summed E-state index contributed by atoms with van der Waals surface area (Å²) in [5.74, 6) is 0. The highest BCUT2D eigenvalue weighted by atomic mass is 35.5. The monoisotopic (exact) mass is 203 g/mol. The number of rotatable bonds is 4. The van der Waals surface area contributed by atoms with Crippen LogP contribution in [0.15, 0.2) is 6.33 Å². The maximum absolute atomic E-state index is 9.68. The molecule has 74 valence electrons. The molecule has 0 radical (unpaired) electrons. The van der Waals surface area contributed by atoms with Crippen molar-refractivity contribution in [2.45, 2.75) is 26.0 Å². The molecule has 1 aromatic rings. The number of aryl methyl sites for hydroxylation is 1. The first-order chi connectivity index (χ1) is 6.20. The standard InChI is InChI=1S/C8H14ClN3O/c1-2-12-5-11-8(9)7(12)6(13)3-4-10/h5-6,13H,2-4,10H2,1H3/t6-/m0/s1. The van der Waals surface area contributed by atoms with Gasteiger partial charge in [0.2, 0.25) is 0 Å². The molecule has 0 unspecified atom stereocenters. The van der Waals surface area contributed by atoms with Crippen LogP contribution in [0.2, 0.25) is 5.15 Å². The summed E-state index contributed by atoms with van der Waals surface area (Å²) in [5.41, 5.74) is 6.01. The molecule has 0 aliphatic heterocycles. The third kappa shape index (κ3) is 2.21. The van der Waals surface area contributed by atoms with Crippen LogP contribution in [0.3, 0.4) is 0 Å². The van der Waals surface area contributed by atoms with Crippen LogP contribution in [0.25, 0.3) is 0 Å². The molecular formula is C8H14ClN3O. The predicted molar refractivity (Wildman–Crippen MR) is 51.5 cm³/mol. The van der Waals surface area contributed by atoms with Gasteiger partial charge in [-0.1, -0.05) is 11.6 Å². The molecule has 0 aliphatic rings. The third-order valence-electron chi connectivity index (χ3n) is 1.93. The second-order valence-electron chi connectivity index (χ2n) is 2.80. The minimum absolute atomic E-state index is 0.364. The van der Waals surface area contributed by atoms with E-state index in [4.69, 9.17) is 17.3 Å². The second kappa shape index (κ2) is 4.60. The predicted octanol–water partition coefficient (Wildman–Crippen LogP) is 0.939. The highest BCUT2D eigenvalue weighted by Gasteiger charge is 2.16. The summed E-state index contributed by atoms with van der Waals surface area (Å²) in [4.78, 5) is 3.92. The Balaban J connectivity index is 2.89. The highest BCUT2D eigenvalue weighted by Crippen LogP contribution is 2.23. The summed E-state index contributed by atoms with van der Waals surface area (Å²) >= 11 is 5.82. The van der Waals surface area contributed by atoms with Gasteiger partial charge in [0.15, 0.2) is 5.15 Å². The van der Waals surface area contributed by atoms with Crippen molar-refractivity contribution in [2.75, 3.05) is 6.54 Å². The summed E-state index contributed by atoms with van der Waals surface area (Å²) in [5, 5.41) is 10.0. The quantitative estimate of drug-likeness (QED) is 0.766. The van der Waals surface area contributed by atoms with Crippen LogP contribution in [0, 0.1) is 0 Å². The van der Waals surface area contributed by atoms with Crippen molar-refractivity contribution in [2.24, 2.45) is 5.73 Å². The van der Waals surface area contributed by atoms with Gasteiger partial charge in [-0.05, 0) is 19.9 Å². The Labute approximate surface area is 82.3 Å². The van der Waals surface area contributed by atoms with E-state index < -0.39 is 6.10 Å². The zero-order valence-corrected chi connectivity index (χ0v) is 8.33. The molecule has 5 heteroatoms. The zero-order valence-electron chi connectivity index (χ0n) is 7.57. The van der Waals surface area contributed by atoms with Crippen LogP contribution >= 0.6 is 11.6 Å². The van der Waals surface area contributed by atoms with Crippen molar-refractivity contribution in [3.05, 3.63) is 17.2 Å². The Morgan fingerprint density at radius 3 is 3.00 bits per heavy atom.